The van der Waals surface area contributed by atoms with Gasteiger partial charge < -0.3 is 9.47 Å². The number of carbonyl (C=O) groups excluding carboxylic acids is 1. The van der Waals surface area contributed by atoms with E-state index in [0.29, 0.717) is 12.0 Å². The van der Waals surface area contributed by atoms with Crippen LogP contribution in [0.4, 0.5) is 0 Å². The highest BCUT2D eigenvalue weighted by Crippen LogP contribution is 2.43. The quantitative estimate of drug-likeness (QED) is 0.594. The first-order chi connectivity index (χ1) is 13.1. The fourth-order valence-electron chi connectivity index (χ4n) is 4.77. The maximum atomic E-state index is 12.0. The zero-order valence-corrected chi connectivity index (χ0v) is 15.9. The van der Waals surface area contributed by atoms with Crippen LogP contribution in [0.2, 0.25) is 0 Å². The molecule has 0 spiro atoms. The van der Waals surface area contributed by atoms with Crippen molar-refractivity contribution in [3.63, 3.8) is 0 Å². The number of ether oxygens (including phenoxy) is 2. The molecule has 5 nitrogen and oxygen atoms in total. The van der Waals surface area contributed by atoms with E-state index in [1.807, 2.05) is 30.3 Å². The molecule has 0 radical (unpaired) electrons. The molecule has 3 aliphatic heterocycles. The lowest BCUT2D eigenvalue weighted by Gasteiger charge is -2.51. The number of nitrogens with zero attached hydrogens (tertiary/aromatic N) is 2. The molecule has 2 aromatic rings. The van der Waals surface area contributed by atoms with Gasteiger partial charge in [-0.1, -0.05) is 6.08 Å². The van der Waals surface area contributed by atoms with E-state index in [4.69, 9.17) is 9.47 Å². The number of aromatic nitrogens is 1. The molecule has 3 saturated heterocycles. The van der Waals surface area contributed by atoms with E-state index in [1.54, 1.807) is 13.3 Å². The maximum Gasteiger partial charge on any atom is 0.303 e. The molecule has 5 rings (SSSR count). The number of hydrogen-bond acceptors (Lipinski definition) is 5. The van der Waals surface area contributed by atoms with E-state index in [1.165, 1.54) is 13.3 Å². The molecule has 27 heavy (non-hydrogen) atoms. The average molecular weight is 366 g/mol. The lowest BCUT2D eigenvalue weighted by molar-refractivity contribution is -0.155. The summed E-state index contributed by atoms with van der Waals surface area (Å²) >= 11 is 0. The molecule has 142 valence electrons. The van der Waals surface area contributed by atoms with E-state index >= 15 is 0 Å². The van der Waals surface area contributed by atoms with Crippen LogP contribution in [0.1, 0.15) is 37.9 Å². The number of hydrogen-bond donors (Lipinski definition) is 0. The van der Waals surface area contributed by atoms with Crippen LogP contribution in [0.3, 0.4) is 0 Å². The van der Waals surface area contributed by atoms with Gasteiger partial charge >= 0.3 is 5.97 Å². The SMILES string of the molecule is C=CC1CC2CCN1C([C@H](OC(C)=O)c1ccnc3ccc(OC)cc13)C2. The Balaban J connectivity index is 1.80. The average Bonchev–Trinajstić information content (AvgIpc) is 2.71. The van der Waals surface area contributed by atoms with Crippen LogP contribution in [-0.4, -0.2) is 41.6 Å². The van der Waals surface area contributed by atoms with E-state index in [9.17, 15) is 4.79 Å². The summed E-state index contributed by atoms with van der Waals surface area (Å²) in [6.07, 6.45) is 6.90. The van der Waals surface area contributed by atoms with Crippen molar-refractivity contribution >= 4 is 16.9 Å². The number of benzene rings is 1. The first-order valence-corrected chi connectivity index (χ1v) is 9.59. The van der Waals surface area contributed by atoms with Crippen molar-refractivity contribution in [2.75, 3.05) is 13.7 Å². The molecule has 3 aliphatic rings. The van der Waals surface area contributed by atoms with Gasteiger partial charge in [-0.25, -0.2) is 0 Å². The Morgan fingerprint density at radius 2 is 2.22 bits per heavy atom. The summed E-state index contributed by atoms with van der Waals surface area (Å²) in [5.41, 5.74) is 1.87. The molecule has 0 saturated carbocycles. The minimum atomic E-state index is -0.328. The summed E-state index contributed by atoms with van der Waals surface area (Å²) in [6, 6.07) is 8.31. The number of carbonyl (C=O) groups is 1. The molecule has 1 aromatic carbocycles. The Labute approximate surface area is 160 Å². The van der Waals surface area contributed by atoms with E-state index in [0.717, 1.165) is 41.6 Å². The zero-order chi connectivity index (χ0) is 19.0. The molecule has 4 unspecified atom stereocenters. The fraction of sp³-hybridized carbons (Fsp3) is 0.455. The molecule has 2 bridgehead atoms. The Hall–Kier alpha value is -2.40. The van der Waals surface area contributed by atoms with Crippen LogP contribution >= 0.6 is 0 Å². The van der Waals surface area contributed by atoms with E-state index in [-0.39, 0.29) is 18.1 Å². The number of fused-ring (bicyclic) bond motifs is 4. The van der Waals surface area contributed by atoms with Crippen molar-refractivity contribution in [3.8, 4) is 5.75 Å². The lowest BCUT2D eigenvalue weighted by Crippen LogP contribution is -2.56. The highest BCUT2D eigenvalue weighted by Gasteiger charge is 2.44. The van der Waals surface area contributed by atoms with Crippen molar-refractivity contribution in [3.05, 3.63) is 48.7 Å². The van der Waals surface area contributed by atoms with Gasteiger partial charge in [0.05, 0.1) is 18.7 Å². The normalized spacial score (nSPS) is 27.9. The van der Waals surface area contributed by atoms with Crippen LogP contribution in [0.25, 0.3) is 10.9 Å². The summed E-state index contributed by atoms with van der Waals surface area (Å²) in [4.78, 5) is 18.9. The molecule has 5 atom stereocenters. The van der Waals surface area contributed by atoms with Crippen LogP contribution in [0, 0.1) is 5.92 Å². The predicted octanol–water partition coefficient (Wildman–Crippen LogP) is 3.89. The Bertz CT molecular complexity index is 866. The molecular weight excluding hydrogens is 340 g/mol. The largest absolute Gasteiger partial charge is 0.497 e. The number of rotatable bonds is 5. The number of piperidine rings is 3. The Kier molecular flexibility index (Phi) is 4.87. The van der Waals surface area contributed by atoms with E-state index in [2.05, 4.69) is 16.5 Å². The Morgan fingerprint density at radius 3 is 2.93 bits per heavy atom. The molecular formula is C22H26N2O3. The summed E-state index contributed by atoms with van der Waals surface area (Å²) in [5, 5.41) is 0.973. The third-order valence-corrected chi connectivity index (χ3v) is 6.00. The van der Waals surface area contributed by atoms with Gasteiger partial charge in [0.15, 0.2) is 0 Å². The van der Waals surface area contributed by atoms with Crippen LogP contribution in [0.5, 0.6) is 5.75 Å². The predicted molar refractivity (Wildman–Crippen MR) is 105 cm³/mol. The van der Waals surface area contributed by atoms with Gasteiger partial charge in [-0.3, -0.25) is 14.7 Å². The highest BCUT2D eigenvalue weighted by molar-refractivity contribution is 5.84. The van der Waals surface area contributed by atoms with Gasteiger partial charge in [-0.05, 0) is 56.0 Å². The van der Waals surface area contributed by atoms with Crippen LogP contribution in [-0.2, 0) is 9.53 Å². The first kappa shape index (κ1) is 18.0. The van der Waals surface area contributed by atoms with Gasteiger partial charge in [0.25, 0.3) is 0 Å². The molecule has 0 N–H and O–H groups in total. The molecule has 3 fully saturated rings. The number of pyridine rings is 1. The van der Waals surface area contributed by atoms with Crippen molar-refractivity contribution in [2.45, 2.75) is 44.4 Å². The Morgan fingerprint density at radius 1 is 1.37 bits per heavy atom. The van der Waals surface area contributed by atoms with Crippen molar-refractivity contribution < 1.29 is 14.3 Å². The summed E-state index contributed by atoms with van der Waals surface area (Å²) < 4.78 is 11.3. The van der Waals surface area contributed by atoms with Crippen LogP contribution in [0.15, 0.2) is 43.1 Å². The van der Waals surface area contributed by atoms with Gasteiger partial charge in [0.1, 0.15) is 11.9 Å². The zero-order valence-electron chi connectivity index (χ0n) is 15.9. The topological polar surface area (TPSA) is 51.7 Å². The lowest BCUT2D eigenvalue weighted by atomic mass is 9.76. The molecule has 0 amide bonds. The summed E-state index contributed by atoms with van der Waals surface area (Å²) in [7, 11) is 1.65. The van der Waals surface area contributed by atoms with Crippen LogP contribution < -0.4 is 4.74 Å². The number of esters is 1. The minimum Gasteiger partial charge on any atom is -0.497 e. The molecule has 1 aromatic heterocycles. The van der Waals surface area contributed by atoms with Gasteiger partial charge in [-0.15, -0.1) is 6.58 Å². The summed E-state index contributed by atoms with van der Waals surface area (Å²) in [5.74, 6) is 1.17. The fourth-order valence-corrected chi connectivity index (χ4v) is 4.77. The summed E-state index contributed by atoms with van der Waals surface area (Å²) in [6.45, 7) is 6.54. The molecule has 0 aliphatic carbocycles. The molecule has 5 heteroatoms. The van der Waals surface area contributed by atoms with E-state index < -0.39 is 0 Å². The second-order valence-electron chi connectivity index (χ2n) is 7.55. The highest BCUT2D eigenvalue weighted by atomic mass is 16.5. The van der Waals surface area contributed by atoms with Gasteiger partial charge in [0.2, 0.25) is 0 Å². The maximum absolute atomic E-state index is 12.0. The number of methoxy groups -OCH3 is 1. The third kappa shape index (κ3) is 3.32. The second-order valence-corrected chi connectivity index (χ2v) is 7.55. The van der Waals surface area contributed by atoms with Crippen molar-refractivity contribution in [1.82, 2.24) is 9.88 Å². The van der Waals surface area contributed by atoms with Gasteiger partial charge in [0, 0.05) is 30.1 Å². The minimum absolute atomic E-state index is 0.154. The van der Waals surface area contributed by atoms with Crippen molar-refractivity contribution in [1.29, 1.82) is 0 Å². The van der Waals surface area contributed by atoms with Gasteiger partial charge in [-0.2, -0.15) is 0 Å². The standard InChI is InChI=1S/C22H26N2O3/c1-4-16-11-15-8-10-24(16)21(12-15)22(27-14(2)25)18-7-9-23-20-6-5-17(26-3)13-19(18)20/h4-7,9,13,15-16,21-22H,1,8,10-12H2,2-3H3/t15?,16?,21?,22-/m1/s1. The van der Waals surface area contributed by atoms with Crippen molar-refractivity contribution in [2.24, 2.45) is 5.92 Å². The monoisotopic (exact) mass is 366 g/mol. The second kappa shape index (κ2) is 7.31. The molecule has 4 heterocycles. The third-order valence-electron chi connectivity index (χ3n) is 6.00. The smallest absolute Gasteiger partial charge is 0.303 e. The first-order valence-electron chi connectivity index (χ1n) is 9.59.